The van der Waals surface area contributed by atoms with Crippen LogP contribution in [0.4, 0.5) is 17.6 Å². The predicted octanol–water partition coefficient (Wildman–Crippen LogP) is 2.78. The summed E-state index contributed by atoms with van der Waals surface area (Å²) in [6.07, 6.45) is 10.3. The number of nitrogens with zero attached hydrogens (tertiary/aromatic N) is 7. The molecule has 1 atom stereocenters. The molecule has 3 aromatic heterocycles. The molecule has 9 heteroatoms. The molecule has 4 heterocycles. The maximum absolute atomic E-state index is 4.76. The molecule has 9 nitrogen and oxygen atoms in total. The van der Waals surface area contributed by atoms with Crippen molar-refractivity contribution in [3.8, 4) is 0 Å². The molecule has 1 aliphatic rings. The number of rotatable bonds is 7. The van der Waals surface area contributed by atoms with Crippen molar-refractivity contribution in [3.05, 3.63) is 54.1 Å². The van der Waals surface area contributed by atoms with Gasteiger partial charge in [0.15, 0.2) is 0 Å². The third kappa shape index (κ3) is 5.04. The minimum Gasteiger partial charge on any atom is -0.373 e. The van der Waals surface area contributed by atoms with E-state index in [2.05, 4.69) is 47.4 Å². The third-order valence-corrected chi connectivity index (χ3v) is 5.25. The summed E-state index contributed by atoms with van der Waals surface area (Å²) in [5.41, 5.74) is 2.21. The van der Waals surface area contributed by atoms with E-state index >= 15 is 0 Å². The molecule has 2 N–H and O–H groups in total. The van der Waals surface area contributed by atoms with Crippen molar-refractivity contribution in [3.63, 3.8) is 0 Å². The van der Waals surface area contributed by atoms with Crippen LogP contribution in [0, 0.1) is 0 Å². The number of likely N-dealkylation sites (tertiary alicyclic amines) is 1. The van der Waals surface area contributed by atoms with Gasteiger partial charge in [-0.15, -0.1) is 0 Å². The van der Waals surface area contributed by atoms with E-state index in [1.165, 1.54) is 6.33 Å². The highest BCUT2D eigenvalue weighted by atomic mass is 15.2. The molecule has 0 bridgehead atoms. The Morgan fingerprint density at radius 2 is 1.93 bits per heavy atom. The largest absolute Gasteiger partial charge is 0.373 e. The Hall–Kier alpha value is -3.20. The Kier molecular flexibility index (Phi) is 6.38. The zero-order valence-electron chi connectivity index (χ0n) is 17.4. The highest BCUT2D eigenvalue weighted by molar-refractivity contribution is 5.52. The van der Waals surface area contributed by atoms with Gasteiger partial charge in [-0.1, -0.05) is 6.92 Å². The molecule has 1 fully saturated rings. The van der Waals surface area contributed by atoms with Gasteiger partial charge in [-0.2, -0.15) is 0 Å². The van der Waals surface area contributed by atoms with E-state index in [0.29, 0.717) is 17.7 Å². The highest BCUT2D eigenvalue weighted by Crippen LogP contribution is 2.27. The van der Waals surface area contributed by atoms with E-state index < -0.39 is 0 Å². The van der Waals surface area contributed by atoms with Crippen LogP contribution >= 0.6 is 0 Å². The summed E-state index contributed by atoms with van der Waals surface area (Å²) in [6.45, 7) is 4.98. The van der Waals surface area contributed by atoms with Crippen molar-refractivity contribution < 1.29 is 0 Å². The van der Waals surface area contributed by atoms with Crippen molar-refractivity contribution in [1.29, 1.82) is 0 Å². The Morgan fingerprint density at radius 1 is 1.10 bits per heavy atom. The van der Waals surface area contributed by atoms with E-state index in [4.69, 9.17) is 4.98 Å². The maximum atomic E-state index is 4.76. The summed E-state index contributed by atoms with van der Waals surface area (Å²) in [5.74, 6) is 3.21. The summed E-state index contributed by atoms with van der Waals surface area (Å²) in [5, 5.41) is 6.18. The number of hydrogen-bond acceptors (Lipinski definition) is 9. The molecule has 0 radical (unpaired) electrons. The summed E-state index contributed by atoms with van der Waals surface area (Å²) in [7, 11) is 1.82. The highest BCUT2D eigenvalue weighted by Gasteiger charge is 2.23. The van der Waals surface area contributed by atoms with Crippen molar-refractivity contribution in [2.24, 2.45) is 0 Å². The summed E-state index contributed by atoms with van der Waals surface area (Å²) < 4.78 is 0. The first-order valence-corrected chi connectivity index (χ1v) is 10.4. The molecule has 1 aliphatic heterocycles. The number of aryl methyl sites for hydroxylation is 1. The van der Waals surface area contributed by atoms with Crippen LogP contribution in [0.3, 0.4) is 0 Å². The van der Waals surface area contributed by atoms with Crippen LogP contribution in [0.1, 0.15) is 42.8 Å². The van der Waals surface area contributed by atoms with Gasteiger partial charge in [-0.3, -0.25) is 4.90 Å². The van der Waals surface area contributed by atoms with Gasteiger partial charge in [0, 0.05) is 62.7 Å². The van der Waals surface area contributed by atoms with Gasteiger partial charge < -0.3 is 10.6 Å². The second-order valence-corrected chi connectivity index (χ2v) is 7.40. The topological polar surface area (TPSA) is 105 Å². The van der Waals surface area contributed by atoms with Crippen LogP contribution < -0.4 is 10.6 Å². The quantitative estimate of drug-likeness (QED) is 0.614. The van der Waals surface area contributed by atoms with Gasteiger partial charge in [-0.25, -0.2) is 29.9 Å². The second-order valence-electron chi connectivity index (χ2n) is 7.40. The molecule has 4 rings (SSSR count). The first-order chi connectivity index (χ1) is 14.7. The lowest BCUT2D eigenvalue weighted by Gasteiger charge is -2.32. The minimum atomic E-state index is 0.372. The molecular formula is C21H27N9. The average Bonchev–Trinajstić information content (AvgIpc) is 2.80. The standard InChI is InChI=1S/C21H27N9/c1-3-18-24-10-15(11-25-18)12-30-8-4-5-16(13-30)17-6-7-23-21(28-17)29-20-9-19(22-2)26-14-27-20/h6-7,9-11,14,16H,3-5,8,12-13H2,1-2H3,(H2,22,23,26,27,28,29)/t16-/m0/s1. The second kappa shape index (κ2) is 9.53. The molecule has 0 saturated carbocycles. The number of nitrogens with one attached hydrogen (secondary N) is 2. The Labute approximate surface area is 176 Å². The Bertz CT molecular complexity index is 961. The average molecular weight is 406 g/mol. The molecule has 0 spiro atoms. The number of aromatic nitrogens is 6. The summed E-state index contributed by atoms with van der Waals surface area (Å²) in [4.78, 5) is 28.8. The summed E-state index contributed by atoms with van der Waals surface area (Å²) in [6, 6.07) is 3.84. The fraction of sp³-hybridized carbons (Fsp3) is 0.429. The Balaban J connectivity index is 1.42. The SMILES string of the molecule is CCc1ncc(CN2CCC[C@H](c3ccnc(Nc4cc(NC)ncn4)n3)C2)cn1. The Morgan fingerprint density at radius 3 is 2.73 bits per heavy atom. The van der Waals surface area contributed by atoms with E-state index in [9.17, 15) is 0 Å². The van der Waals surface area contributed by atoms with E-state index in [1.807, 2.05) is 31.6 Å². The normalized spacial score (nSPS) is 16.9. The minimum absolute atomic E-state index is 0.372. The van der Waals surface area contributed by atoms with Crippen molar-refractivity contribution in [1.82, 2.24) is 34.8 Å². The van der Waals surface area contributed by atoms with Crippen LogP contribution in [0.15, 0.2) is 37.1 Å². The first-order valence-electron chi connectivity index (χ1n) is 10.4. The van der Waals surface area contributed by atoms with Gasteiger partial charge in [0.25, 0.3) is 0 Å². The maximum Gasteiger partial charge on any atom is 0.228 e. The fourth-order valence-electron chi connectivity index (χ4n) is 3.68. The molecular weight excluding hydrogens is 378 g/mol. The smallest absolute Gasteiger partial charge is 0.228 e. The van der Waals surface area contributed by atoms with Crippen LogP contribution in [-0.4, -0.2) is 54.9 Å². The molecule has 0 unspecified atom stereocenters. The van der Waals surface area contributed by atoms with Gasteiger partial charge >= 0.3 is 0 Å². The number of anilines is 3. The predicted molar refractivity (Wildman–Crippen MR) is 116 cm³/mol. The zero-order chi connectivity index (χ0) is 20.8. The van der Waals surface area contributed by atoms with Gasteiger partial charge in [0.2, 0.25) is 5.95 Å². The fourth-order valence-corrected chi connectivity index (χ4v) is 3.68. The van der Waals surface area contributed by atoms with Crippen LogP contribution in [0.5, 0.6) is 0 Å². The molecule has 1 saturated heterocycles. The van der Waals surface area contributed by atoms with Gasteiger partial charge in [0.05, 0.1) is 5.69 Å². The molecule has 0 aromatic carbocycles. The monoisotopic (exact) mass is 405 g/mol. The molecule has 0 amide bonds. The number of hydrogen-bond donors (Lipinski definition) is 2. The molecule has 3 aromatic rings. The van der Waals surface area contributed by atoms with E-state index in [-0.39, 0.29) is 0 Å². The van der Waals surface area contributed by atoms with Crippen molar-refractivity contribution in [2.45, 2.75) is 38.6 Å². The summed E-state index contributed by atoms with van der Waals surface area (Å²) >= 11 is 0. The van der Waals surface area contributed by atoms with Crippen LogP contribution in [0.25, 0.3) is 0 Å². The number of piperidine rings is 1. The molecule has 0 aliphatic carbocycles. The van der Waals surface area contributed by atoms with Crippen molar-refractivity contribution >= 4 is 17.6 Å². The van der Waals surface area contributed by atoms with E-state index in [0.717, 1.165) is 61.8 Å². The lowest BCUT2D eigenvalue weighted by molar-refractivity contribution is 0.198. The zero-order valence-corrected chi connectivity index (χ0v) is 17.4. The van der Waals surface area contributed by atoms with Gasteiger partial charge in [-0.05, 0) is 25.5 Å². The van der Waals surface area contributed by atoms with Gasteiger partial charge in [0.1, 0.15) is 23.8 Å². The van der Waals surface area contributed by atoms with Crippen LogP contribution in [0.2, 0.25) is 0 Å². The van der Waals surface area contributed by atoms with E-state index in [1.54, 1.807) is 6.20 Å². The molecule has 30 heavy (non-hydrogen) atoms. The van der Waals surface area contributed by atoms with Crippen molar-refractivity contribution in [2.75, 3.05) is 30.8 Å². The third-order valence-electron chi connectivity index (χ3n) is 5.25. The first kappa shape index (κ1) is 20.1. The van der Waals surface area contributed by atoms with Crippen LogP contribution in [-0.2, 0) is 13.0 Å². The lowest BCUT2D eigenvalue weighted by Crippen LogP contribution is -2.34. The lowest BCUT2D eigenvalue weighted by atomic mass is 9.94. The molecule has 156 valence electrons.